The topological polar surface area (TPSA) is 118 Å². The molecule has 0 aliphatic rings. The van der Waals surface area contributed by atoms with Gasteiger partial charge in [-0.15, -0.1) is 12.4 Å². The zero-order valence-corrected chi connectivity index (χ0v) is 21.1. The third kappa shape index (κ3) is 7.40. The van der Waals surface area contributed by atoms with E-state index in [4.69, 9.17) is 38.4 Å². The van der Waals surface area contributed by atoms with E-state index in [9.17, 15) is 14.9 Å². The number of nitrogens with zero attached hydrogens (tertiary/aromatic N) is 2. The minimum atomic E-state index is -0.723. The van der Waals surface area contributed by atoms with Crippen LogP contribution in [0.25, 0.3) is 6.08 Å². The fraction of sp³-hybridized carbons (Fsp3) is 0.167. The van der Waals surface area contributed by atoms with Crippen molar-refractivity contribution in [2.24, 2.45) is 5.73 Å². The molecule has 0 aliphatic heterocycles. The van der Waals surface area contributed by atoms with Crippen molar-refractivity contribution in [3.05, 3.63) is 92.1 Å². The van der Waals surface area contributed by atoms with Gasteiger partial charge in [0.15, 0.2) is 17.3 Å². The number of benzene rings is 2. The van der Waals surface area contributed by atoms with Crippen LogP contribution in [0.3, 0.4) is 0 Å². The summed E-state index contributed by atoms with van der Waals surface area (Å²) < 4.78 is 11.9. The molecule has 0 bridgehead atoms. The Balaban J connectivity index is 0.00000432. The second kappa shape index (κ2) is 12.0. The second-order valence-electron chi connectivity index (χ2n) is 7.79. The van der Waals surface area contributed by atoms with Crippen LogP contribution in [0, 0.1) is 10.1 Å². The number of ether oxygens (including phenoxy) is 2. The number of hydrogen-bond acceptors (Lipinski definition) is 7. The quantitative estimate of drug-likeness (QED) is 0.142. The molecule has 35 heavy (non-hydrogen) atoms. The molecule has 184 valence electrons. The predicted molar refractivity (Wildman–Crippen MR) is 138 cm³/mol. The summed E-state index contributed by atoms with van der Waals surface area (Å²) in [5.74, 6) is 0.0804. The Kier molecular flexibility index (Phi) is 9.62. The number of pyridine rings is 1. The number of aromatic nitrogens is 1. The first-order chi connectivity index (χ1) is 16.1. The molecule has 2 aromatic carbocycles. The van der Waals surface area contributed by atoms with Gasteiger partial charge >= 0.3 is 0 Å². The highest BCUT2D eigenvalue weighted by molar-refractivity contribution is 6.42. The van der Waals surface area contributed by atoms with Crippen LogP contribution in [-0.4, -0.2) is 27.8 Å². The number of halogens is 3. The molecular weight excluding hydrogens is 517 g/mol. The van der Waals surface area contributed by atoms with Crippen LogP contribution in [0.5, 0.6) is 17.4 Å². The summed E-state index contributed by atoms with van der Waals surface area (Å²) >= 11 is 12.3. The molecule has 0 fully saturated rings. The van der Waals surface area contributed by atoms with Gasteiger partial charge in [-0.3, -0.25) is 14.9 Å². The standard InChI is InChI=1S/C24H21Cl2N3O5.ClH/c1-24(2,14-27)34-22-13-19(26)18(25)12-21(22)33-23-17(7-4-10-28-23)20(30)9-8-15-5-3-6-16(11-15)29(31)32;/h3-13H,14,27H2,1-2H3;1H. The van der Waals surface area contributed by atoms with Crippen molar-refractivity contribution in [2.75, 3.05) is 6.54 Å². The molecule has 0 saturated heterocycles. The number of carbonyl (C=O) groups is 1. The van der Waals surface area contributed by atoms with Gasteiger partial charge in [-0.05, 0) is 37.6 Å². The Morgan fingerprint density at radius 1 is 1.14 bits per heavy atom. The summed E-state index contributed by atoms with van der Waals surface area (Å²) in [6.45, 7) is 3.82. The normalized spacial score (nSPS) is 11.1. The zero-order valence-electron chi connectivity index (χ0n) is 18.7. The van der Waals surface area contributed by atoms with Crippen LogP contribution in [0.15, 0.2) is 60.8 Å². The molecule has 0 amide bonds. The summed E-state index contributed by atoms with van der Waals surface area (Å²) in [6, 6.07) is 12.0. The number of nitrogens with two attached hydrogens (primary N) is 1. The van der Waals surface area contributed by atoms with E-state index in [2.05, 4.69) is 4.98 Å². The van der Waals surface area contributed by atoms with E-state index in [0.717, 1.165) is 0 Å². The molecular formula is C24H22Cl3N3O5. The number of rotatable bonds is 9. The highest BCUT2D eigenvalue weighted by atomic mass is 35.5. The van der Waals surface area contributed by atoms with E-state index >= 15 is 0 Å². The van der Waals surface area contributed by atoms with Gasteiger partial charge in [-0.2, -0.15) is 0 Å². The SMILES string of the molecule is CC(C)(CN)Oc1cc(Cl)c(Cl)cc1Oc1ncccc1C(=O)C=Cc1cccc([N+](=O)[O-])c1.Cl. The maximum absolute atomic E-state index is 12.9. The van der Waals surface area contributed by atoms with Gasteiger partial charge in [-0.25, -0.2) is 4.98 Å². The Labute approximate surface area is 218 Å². The fourth-order valence-electron chi connectivity index (χ4n) is 2.78. The summed E-state index contributed by atoms with van der Waals surface area (Å²) in [4.78, 5) is 27.5. The van der Waals surface area contributed by atoms with Gasteiger partial charge in [0.05, 0.1) is 20.5 Å². The fourth-order valence-corrected chi connectivity index (χ4v) is 3.08. The Hall–Kier alpha value is -3.17. The van der Waals surface area contributed by atoms with Crippen molar-refractivity contribution < 1.29 is 19.2 Å². The first-order valence-electron chi connectivity index (χ1n) is 10.1. The molecule has 0 unspecified atom stereocenters. The van der Waals surface area contributed by atoms with Gasteiger partial charge in [0.25, 0.3) is 5.69 Å². The molecule has 1 aromatic heterocycles. The second-order valence-corrected chi connectivity index (χ2v) is 8.60. The molecule has 0 aliphatic carbocycles. The van der Waals surface area contributed by atoms with Crippen LogP contribution in [0.2, 0.25) is 10.0 Å². The Bertz CT molecular complexity index is 1260. The number of nitro groups is 1. The lowest BCUT2D eigenvalue weighted by Crippen LogP contribution is -2.37. The predicted octanol–water partition coefficient (Wildman–Crippen LogP) is 6.52. The van der Waals surface area contributed by atoms with Crippen LogP contribution in [-0.2, 0) is 0 Å². The van der Waals surface area contributed by atoms with Crippen LogP contribution in [0.1, 0.15) is 29.8 Å². The molecule has 3 aromatic rings. The number of non-ortho nitro benzene ring substituents is 1. The molecule has 2 N–H and O–H groups in total. The van der Waals surface area contributed by atoms with Crippen molar-refractivity contribution in [3.8, 4) is 17.4 Å². The lowest BCUT2D eigenvalue weighted by molar-refractivity contribution is -0.384. The molecule has 0 spiro atoms. The largest absolute Gasteiger partial charge is 0.483 e. The average Bonchev–Trinajstić information content (AvgIpc) is 2.81. The van der Waals surface area contributed by atoms with Crippen LogP contribution < -0.4 is 15.2 Å². The monoisotopic (exact) mass is 537 g/mol. The first-order valence-corrected chi connectivity index (χ1v) is 10.8. The molecule has 1 heterocycles. The third-order valence-electron chi connectivity index (χ3n) is 4.62. The Morgan fingerprint density at radius 2 is 1.83 bits per heavy atom. The summed E-state index contributed by atoms with van der Waals surface area (Å²) in [5.41, 5.74) is 5.63. The molecule has 0 atom stereocenters. The number of carbonyl (C=O) groups excluding carboxylic acids is 1. The van der Waals surface area contributed by atoms with E-state index in [1.165, 1.54) is 48.7 Å². The minimum Gasteiger partial charge on any atom is -0.483 e. The van der Waals surface area contributed by atoms with Gasteiger partial charge in [0.1, 0.15) is 5.60 Å². The van der Waals surface area contributed by atoms with Crippen molar-refractivity contribution >= 4 is 53.2 Å². The van der Waals surface area contributed by atoms with E-state index in [1.54, 1.807) is 32.0 Å². The number of ketones is 1. The summed E-state index contributed by atoms with van der Waals surface area (Å²) in [7, 11) is 0. The smallest absolute Gasteiger partial charge is 0.270 e. The van der Waals surface area contributed by atoms with Gasteiger partial charge < -0.3 is 15.2 Å². The van der Waals surface area contributed by atoms with Crippen molar-refractivity contribution in [1.29, 1.82) is 0 Å². The summed E-state index contributed by atoms with van der Waals surface area (Å²) in [5, 5.41) is 11.4. The molecule has 0 saturated carbocycles. The van der Waals surface area contributed by atoms with Gasteiger partial charge in [0.2, 0.25) is 5.88 Å². The number of nitro benzene ring substituents is 1. The van der Waals surface area contributed by atoms with E-state index < -0.39 is 16.3 Å². The minimum absolute atomic E-state index is 0. The van der Waals surface area contributed by atoms with Crippen LogP contribution in [0.4, 0.5) is 5.69 Å². The average molecular weight is 539 g/mol. The van der Waals surface area contributed by atoms with Crippen LogP contribution >= 0.6 is 35.6 Å². The van der Waals surface area contributed by atoms with Gasteiger partial charge in [0, 0.05) is 37.0 Å². The Morgan fingerprint density at radius 3 is 2.49 bits per heavy atom. The van der Waals surface area contributed by atoms with Crippen molar-refractivity contribution in [1.82, 2.24) is 4.98 Å². The lowest BCUT2D eigenvalue weighted by Gasteiger charge is -2.26. The highest BCUT2D eigenvalue weighted by Gasteiger charge is 2.23. The lowest BCUT2D eigenvalue weighted by atomic mass is 10.1. The van der Waals surface area contributed by atoms with E-state index in [0.29, 0.717) is 5.56 Å². The third-order valence-corrected chi connectivity index (χ3v) is 5.34. The number of allylic oxidation sites excluding steroid dienone is 1. The molecule has 11 heteroatoms. The van der Waals surface area contributed by atoms with E-state index in [-0.39, 0.29) is 57.6 Å². The van der Waals surface area contributed by atoms with Crippen molar-refractivity contribution in [3.63, 3.8) is 0 Å². The van der Waals surface area contributed by atoms with Crippen molar-refractivity contribution in [2.45, 2.75) is 19.4 Å². The molecule has 8 nitrogen and oxygen atoms in total. The zero-order chi connectivity index (χ0) is 24.9. The van der Waals surface area contributed by atoms with E-state index in [1.807, 2.05) is 0 Å². The van der Waals surface area contributed by atoms with Gasteiger partial charge in [-0.1, -0.05) is 41.4 Å². The maximum Gasteiger partial charge on any atom is 0.270 e. The molecule has 3 rings (SSSR count). The number of hydrogen-bond donors (Lipinski definition) is 1. The maximum atomic E-state index is 12.9. The summed E-state index contributed by atoms with van der Waals surface area (Å²) in [6.07, 6.45) is 4.23. The first kappa shape index (κ1) is 28.1. The molecule has 0 radical (unpaired) electrons. The highest BCUT2D eigenvalue weighted by Crippen LogP contribution is 2.40.